The molecule has 0 aromatic rings. The third kappa shape index (κ3) is 6.06. The number of rotatable bonds is 6. The Labute approximate surface area is 77.0 Å². The zero-order valence-corrected chi connectivity index (χ0v) is 7.67. The Balaban J connectivity index is 3.35. The molecular formula is C7H16N4O2. The zero-order valence-electron chi connectivity index (χ0n) is 7.67. The van der Waals surface area contributed by atoms with Crippen molar-refractivity contribution in [3.8, 4) is 0 Å². The number of nitrogens with two attached hydrogens (primary N) is 2. The lowest BCUT2D eigenvalue weighted by Crippen LogP contribution is -2.44. The number of amides is 2. The maximum Gasteiger partial charge on any atom is 0.235 e. The number of nitrogens with one attached hydrogen (secondary N) is 2. The van der Waals surface area contributed by atoms with E-state index in [0.717, 1.165) is 0 Å². The fraction of sp³-hybridized carbons (Fsp3) is 0.714. The summed E-state index contributed by atoms with van der Waals surface area (Å²) in [5.74, 6) is -0.604. The van der Waals surface area contributed by atoms with Crippen molar-refractivity contribution in [1.82, 2.24) is 10.6 Å². The van der Waals surface area contributed by atoms with Crippen LogP contribution in [0.3, 0.4) is 0 Å². The minimum atomic E-state index is -0.690. The van der Waals surface area contributed by atoms with Crippen molar-refractivity contribution in [2.24, 2.45) is 11.5 Å². The smallest absolute Gasteiger partial charge is 0.235 e. The summed E-state index contributed by atoms with van der Waals surface area (Å²) in [6, 6.07) is -0.690. The van der Waals surface area contributed by atoms with Crippen LogP contribution in [-0.4, -0.2) is 38.0 Å². The summed E-state index contributed by atoms with van der Waals surface area (Å²) in [6.45, 7) is 0.785. The van der Waals surface area contributed by atoms with E-state index in [2.05, 4.69) is 10.6 Å². The van der Waals surface area contributed by atoms with E-state index in [1.165, 1.54) is 0 Å². The van der Waals surface area contributed by atoms with Gasteiger partial charge in [-0.15, -0.1) is 0 Å². The Morgan fingerprint density at radius 2 is 2.08 bits per heavy atom. The van der Waals surface area contributed by atoms with Gasteiger partial charge in [0.2, 0.25) is 11.8 Å². The highest BCUT2D eigenvalue weighted by Crippen LogP contribution is 1.77. The zero-order chi connectivity index (χ0) is 10.3. The van der Waals surface area contributed by atoms with Crippen LogP contribution in [0, 0.1) is 0 Å². The van der Waals surface area contributed by atoms with Gasteiger partial charge in [0.25, 0.3) is 0 Å². The lowest BCUT2D eigenvalue weighted by molar-refractivity contribution is -0.120. The van der Waals surface area contributed by atoms with Crippen molar-refractivity contribution >= 4 is 11.8 Å². The highest BCUT2D eigenvalue weighted by atomic mass is 16.2. The molecule has 0 aromatic carbocycles. The molecule has 0 aliphatic heterocycles. The van der Waals surface area contributed by atoms with Gasteiger partial charge < -0.3 is 22.1 Å². The van der Waals surface area contributed by atoms with Gasteiger partial charge in [-0.3, -0.25) is 9.59 Å². The van der Waals surface area contributed by atoms with E-state index in [1.807, 2.05) is 0 Å². The lowest BCUT2D eigenvalue weighted by atomic mass is 10.3. The third-order valence-corrected chi connectivity index (χ3v) is 1.54. The van der Waals surface area contributed by atoms with Gasteiger partial charge in [0.15, 0.2) is 0 Å². The van der Waals surface area contributed by atoms with Gasteiger partial charge in [-0.1, -0.05) is 0 Å². The van der Waals surface area contributed by atoms with E-state index in [0.29, 0.717) is 19.5 Å². The van der Waals surface area contributed by atoms with Gasteiger partial charge in [0.05, 0.1) is 6.04 Å². The van der Waals surface area contributed by atoms with Crippen LogP contribution in [0.1, 0.15) is 6.42 Å². The molecule has 0 saturated carbocycles. The summed E-state index contributed by atoms with van der Waals surface area (Å²) in [5.41, 5.74) is 10.2. The number of carbonyl (C=O) groups is 2. The van der Waals surface area contributed by atoms with Gasteiger partial charge in [0, 0.05) is 26.6 Å². The Kier molecular flexibility index (Phi) is 5.82. The van der Waals surface area contributed by atoms with Crippen LogP contribution >= 0.6 is 0 Å². The first kappa shape index (κ1) is 11.9. The standard InChI is InChI=1S/C7H16N4O2/c1-10-6(12)2-3-11-4-5(8)7(9)13/h5,11H,2-4,8H2,1H3,(H2,9,13)(H,10,12). The van der Waals surface area contributed by atoms with Gasteiger partial charge in [-0.2, -0.15) is 0 Å². The topological polar surface area (TPSA) is 110 Å². The first-order valence-electron chi connectivity index (χ1n) is 4.04. The van der Waals surface area contributed by atoms with E-state index in [4.69, 9.17) is 11.5 Å². The maximum atomic E-state index is 10.7. The Bertz CT molecular complexity index is 183. The molecule has 76 valence electrons. The summed E-state index contributed by atoms with van der Waals surface area (Å²) < 4.78 is 0. The fourth-order valence-electron chi connectivity index (χ4n) is 0.685. The average molecular weight is 188 g/mol. The molecule has 6 heteroatoms. The van der Waals surface area contributed by atoms with Gasteiger partial charge in [0.1, 0.15) is 0 Å². The van der Waals surface area contributed by atoms with Crippen molar-refractivity contribution < 1.29 is 9.59 Å². The molecule has 0 heterocycles. The largest absolute Gasteiger partial charge is 0.368 e. The molecule has 0 rings (SSSR count). The van der Waals surface area contributed by atoms with Crippen molar-refractivity contribution in [1.29, 1.82) is 0 Å². The average Bonchev–Trinajstić information content (AvgIpc) is 2.11. The maximum absolute atomic E-state index is 10.7. The summed E-state index contributed by atoms with van der Waals surface area (Å²) >= 11 is 0. The highest BCUT2D eigenvalue weighted by Gasteiger charge is 2.07. The first-order valence-corrected chi connectivity index (χ1v) is 4.04. The minimum Gasteiger partial charge on any atom is -0.368 e. The van der Waals surface area contributed by atoms with Gasteiger partial charge in [-0.25, -0.2) is 0 Å². The SMILES string of the molecule is CNC(=O)CCNCC(N)C(N)=O. The molecule has 13 heavy (non-hydrogen) atoms. The fourth-order valence-corrected chi connectivity index (χ4v) is 0.685. The van der Waals surface area contributed by atoms with Crippen LogP contribution in [0.2, 0.25) is 0 Å². The molecular weight excluding hydrogens is 172 g/mol. The molecule has 0 aliphatic carbocycles. The van der Waals surface area contributed by atoms with Crippen LogP contribution in [0.15, 0.2) is 0 Å². The molecule has 0 spiro atoms. The van der Waals surface area contributed by atoms with E-state index in [-0.39, 0.29) is 5.91 Å². The van der Waals surface area contributed by atoms with Crippen molar-refractivity contribution in [2.75, 3.05) is 20.1 Å². The van der Waals surface area contributed by atoms with Crippen LogP contribution in [0.4, 0.5) is 0 Å². The summed E-state index contributed by atoms with van der Waals surface area (Å²) in [7, 11) is 1.57. The van der Waals surface area contributed by atoms with Crippen LogP contribution in [0.25, 0.3) is 0 Å². The summed E-state index contributed by atoms with van der Waals surface area (Å²) in [4.78, 5) is 21.2. The monoisotopic (exact) mass is 188 g/mol. The molecule has 1 unspecified atom stereocenters. The second-order valence-electron chi connectivity index (χ2n) is 2.64. The van der Waals surface area contributed by atoms with Gasteiger partial charge >= 0.3 is 0 Å². The molecule has 6 nitrogen and oxygen atoms in total. The van der Waals surface area contributed by atoms with Crippen molar-refractivity contribution in [3.63, 3.8) is 0 Å². The normalized spacial score (nSPS) is 12.2. The molecule has 0 saturated heterocycles. The second-order valence-corrected chi connectivity index (χ2v) is 2.64. The quantitative estimate of drug-likeness (QED) is 0.346. The molecule has 2 amide bonds. The molecule has 0 aromatic heterocycles. The Morgan fingerprint density at radius 3 is 2.54 bits per heavy atom. The van der Waals surface area contributed by atoms with Crippen LogP contribution < -0.4 is 22.1 Å². The Hall–Kier alpha value is -1.14. The highest BCUT2D eigenvalue weighted by molar-refractivity contribution is 5.79. The summed E-state index contributed by atoms with van der Waals surface area (Å²) in [5, 5.41) is 5.32. The molecule has 0 bridgehead atoms. The number of primary amides is 1. The van der Waals surface area contributed by atoms with E-state index in [9.17, 15) is 9.59 Å². The Morgan fingerprint density at radius 1 is 1.46 bits per heavy atom. The van der Waals surface area contributed by atoms with E-state index >= 15 is 0 Å². The van der Waals surface area contributed by atoms with Crippen LogP contribution in [0.5, 0.6) is 0 Å². The molecule has 0 radical (unpaired) electrons. The predicted octanol–water partition coefficient (Wildman–Crippen LogP) is -2.48. The molecule has 6 N–H and O–H groups in total. The predicted molar refractivity (Wildman–Crippen MR) is 48.7 cm³/mol. The van der Waals surface area contributed by atoms with E-state index in [1.54, 1.807) is 7.05 Å². The number of hydrogen-bond acceptors (Lipinski definition) is 4. The van der Waals surface area contributed by atoms with Crippen molar-refractivity contribution in [3.05, 3.63) is 0 Å². The molecule has 0 fully saturated rings. The first-order chi connectivity index (χ1) is 6.07. The molecule has 0 aliphatic rings. The van der Waals surface area contributed by atoms with Crippen LogP contribution in [-0.2, 0) is 9.59 Å². The third-order valence-electron chi connectivity index (χ3n) is 1.54. The van der Waals surface area contributed by atoms with Gasteiger partial charge in [-0.05, 0) is 0 Å². The second kappa shape index (κ2) is 6.38. The minimum absolute atomic E-state index is 0.0554. The summed E-state index contributed by atoms with van der Waals surface area (Å²) in [6.07, 6.45) is 0.363. The lowest BCUT2D eigenvalue weighted by Gasteiger charge is -2.08. The number of carbonyl (C=O) groups excluding carboxylic acids is 2. The number of hydrogen-bond donors (Lipinski definition) is 4. The van der Waals surface area contributed by atoms with Crippen molar-refractivity contribution in [2.45, 2.75) is 12.5 Å². The van der Waals surface area contributed by atoms with E-state index < -0.39 is 11.9 Å². The molecule has 1 atom stereocenters.